The Balaban J connectivity index is 1.47. The van der Waals surface area contributed by atoms with Crippen LogP contribution in [0.15, 0.2) is 53.4 Å². The summed E-state index contributed by atoms with van der Waals surface area (Å²) < 4.78 is 5.19. The van der Waals surface area contributed by atoms with E-state index >= 15 is 0 Å². The fourth-order valence-electron chi connectivity index (χ4n) is 2.77. The van der Waals surface area contributed by atoms with Crippen molar-refractivity contribution in [1.29, 1.82) is 0 Å². The van der Waals surface area contributed by atoms with Crippen LogP contribution in [0.25, 0.3) is 0 Å². The lowest BCUT2D eigenvalue weighted by Gasteiger charge is -2.36. The number of piperazine rings is 1. The number of amides is 1. The molecule has 1 amide bonds. The lowest BCUT2D eigenvalue weighted by molar-refractivity contribution is -0.128. The fourth-order valence-corrected chi connectivity index (χ4v) is 3.70. The second-order valence-electron chi connectivity index (χ2n) is 5.81. The highest BCUT2D eigenvalue weighted by molar-refractivity contribution is 8.00. The molecule has 0 atom stereocenters. The van der Waals surface area contributed by atoms with Crippen LogP contribution in [0.1, 0.15) is 0 Å². The van der Waals surface area contributed by atoms with Crippen LogP contribution in [-0.2, 0) is 4.79 Å². The summed E-state index contributed by atoms with van der Waals surface area (Å²) in [5.41, 5.74) is 1.17. The number of ether oxygens (including phenoxy) is 1. The van der Waals surface area contributed by atoms with Crippen LogP contribution < -0.4 is 9.64 Å². The molecule has 0 aliphatic carbocycles. The number of carbonyl (C=O) groups is 1. The molecule has 0 spiro atoms. The highest BCUT2D eigenvalue weighted by Gasteiger charge is 2.21. The van der Waals surface area contributed by atoms with Crippen LogP contribution in [0, 0.1) is 0 Å². The quantitative estimate of drug-likeness (QED) is 0.743. The third kappa shape index (κ3) is 4.83. The first-order valence-electron chi connectivity index (χ1n) is 8.21. The summed E-state index contributed by atoms with van der Waals surface area (Å²) in [6.07, 6.45) is 0. The number of hydrogen-bond donors (Lipinski definition) is 0. The van der Waals surface area contributed by atoms with Gasteiger partial charge in [-0.15, -0.1) is 11.8 Å². The van der Waals surface area contributed by atoms with Gasteiger partial charge in [-0.1, -0.05) is 11.6 Å². The summed E-state index contributed by atoms with van der Waals surface area (Å²) in [4.78, 5) is 17.7. The molecule has 0 saturated carbocycles. The standard InChI is InChI=1S/C19H21ClN2O2S/c1-24-17-6-4-16(5-7-17)21-10-12-22(13-11-21)19(23)14-25-18-8-2-15(20)3-9-18/h2-9H,10-14H2,1H3. The zero-order valence-electron chi connectivity index (χ0n) is 14.2. The minimum absolute atomic E-state index is 0.189. The summed E-state index contributed by atoms with van der Waals surface area (Å²) in [5, 5.41) is 0.713. The number of hydrogen-bond acceptors (Lipinski definition) is 4. The summed E-state index contributed by atoms with van der Waals surface area (Å²) in [6.45, 7) is 3.21. The van der Waals surface area contributed by atoms with Crippen LogP contribution in [0.4, 0.5) is 5.69 Å². The monoisotopic (exact) mass is 376 g/mol. The Morgan fingerprint density at radius 3 is 2.28 bits per heavy atom. The van der Waals surface area contributed by atoms with Crippen molar-refractivity contribution < 1.29 is 9.53 Å². The molecule has 1 aliphatic rings. The lowest BCUT2D eigenvalue weighted by atomic mass is 10.2. The highest BCUT2D eigenvalue weighted by atomic mass is 35.5. The van der Waals surface area contributed by atoms with Gasteiger partial charge in [-0.2, -0.15) is 0 Å². The van der Waals surface area contributed by atoms with Crippen molar-refractivity contribution in [2.24, 2.45) is 0 Å². The second-order valence-corrected chi connectivity index (χ2v) is 7.29. The van der Waals surface area contributed by atoms with Gasteiger partial charge in [-0.3, -0.25) is 4.79 Å². The molecule has 0 aromatic heterocycles. The minimum atomic E-state index is 0.189. The summed E-state index contributed by atoms with van der Waals surface area (Å²) in [7, 11) is 1.67. The van der Waals surface area contributed by atoms with Crippen molar-refractivity contribution in [1.82, 2.24) is 4.90 Å². The van der Waals surface area contributed by atoms with Gasteiger partial charge >= 0.3 is 0 Å². The smallest absolute Gasteiger partial charge is 0.233 e. The Labute approximate surface area is 157 Å². The number of benzene rings is 2. The normalized spacial score (nSPS) is 14.5. The Kier molecular flexibility index (Phi) is 6.10. The predicted molar refractivity (Wildman–Crippen MR) is 104 cm³/mol. The molecule has 2 aromatic rings. The second kappa shape index (κ2) is 8.50. The molecular formula is C19H21ClN2O2S. The maximum atomic E-state index is 12.4. The van der Waals surface area contributed by atoms with Crippen molar-refractivity contribution in [2.75, 3.05) is 43.9 Å². The molecule has 3 rings (SSSR count). The van der Waals surface area contributed by atoms with E-state index in [1.165, 1.54) is 5.69 Å². The molecule has 0 unspecified atom stereocenters. The molecule has 0 N–H and O–H groups in total. The molecule has 25 heavy (non-hydrogen) atoms. The number of thioether (sulfide) groups is 1. The average Bonchev–Trinajstić information content (AvgIpc) is 2.67. The van der Waals surface area contributed by atoms with E-state index in [-0.39, 0.29) is 5.91 Å². The van der Waals surface area contributed by atoms with Crippen molar-refractivity contribution in [3.8, 4) is 5.75 Å². The molecule has 0 radical (unpaired) electrons. The van der Waals surface area contributed by atoms with Gasteiger partial charge in [0, 0.05) is 41.8 Å². The molecule has 6 heteroatoms. The topological polar surface area (TPSA) is 32.8 Å². The summed E-state index contributed by atoms with van der Waals surface area (Å²) in [6, 6.07) is 15.7. The molecule has 1 aliphatic heterocycles. The Morgan fingerprint density at radius 1 is 1.04 bits per heavy atom. The van der Waals surface area contributed by atoms with Crippen molar-refractivity contribution >= 4 is 35.0 Å². The third-order valence-electron chi connectivity index (χ3n) is 4.25. The molecule has 1 heterocycles. The lowest BCUT2D eigenvalue weighted by Crippen LogP contribution is -2.49. The van der Waals surface area contributed by atoms with E-state index in [1.807, 2.05) is 41.3 Å². The first kappa shape index (κ1) is 18.0. The van der Waals surface area contributed by atoms with E-state index < -0.39 is 0 Å². The van der Waals surface area contributed by atoms with E-state index in [2.05, 4.69) is 17.0 Å². The molecule has 2 aromatic carbocycles. The molecule has 0 bridgehead atoms. The summed E-state index contributed by atoms with van der Waals surface area (Å²) >= 11 is 7.44. The predicted octanol–water partition coefficient (Wildman–Crippen LogP) is 3.79. The number of nitrogens with zero attached hydrogens (tertiary/aromatic N) is 2. The van der Waals surface area contributed by atoms with Gasteiger partial charge in [0.15, 0.2) is 0 Å². The zero-order chi connectivity index (χ0) is 17.6. The third-order valence-corrected chi connectivity index (χ3v) is 5.49. The number of carbonyl (C=O) groups excluding carboxylic acids is 1. The van der Waals surface area contributed by atoms with E-state index in [0.717, 1.165) is 36.8 Å². The highest BCUT2D eigenvalue weighted by Crippen LogP contribution is 2.23. The van der Waals surface area contributed by atoms with Gasteiger partial charge in [-0.05, 0) is 48.5 Å². The van der Waals surface area contributed by atoms with E-state index in [1.54, 1.807) is 18.9 Å². The van der Waals surface area contributed by atoms with Crippen molar-refractivity contribution in [3.05, 3.63) is 53.6 Å². The molecular weight excluding hydrogens is 356 g/mol. The Bertz CT molecular complexity index is 698. The fraction of sp³-hybridized carbons (Fsp3) is 0.316. The van der Waals surface area contributed by atoms with E-state index in [0.29, 0.717) is 10.8 Å². The summed E-state index contributed by atoms with van der Waals surface area (Å²) in [5.74, 6) is 1.51. The minimum Gasteiger partial charge on any atom is -0.497 e. The zero-order valence-corrected chi connectivity index (χ0v) is 15.7. The molecule has 4 nitrogen and oxygen atoms in total. The van der Waals surface area contributed by atoms with Crippen LogP contribution >= 0.6 is 23.4 Å². The largest absolute Gasteiger partial charge is 0.497 e. The van der Waals surface area contributed by atoms with Gasteiger partial charge in [0.1, 0.15) is 5.75 Å². The van der Waals surface area contributed by atoms with Crippen LogP contribution in [0.3, 0.4) is 0 Å². The van der Waals surface area contributed by atoms with Crippen LogP contribution in [0.2, 0.25) is 5.02 Å². The van der Waals surface area contributed by atoms with E-state index in [4.69, 9.17) is 16.3 Å². The Morgan fingerprint density at radius 2 is 1.68 bits per heavy atom. The van der Waals surface area contributed by atoms with Crippen LogP contribution in [0.5, 0.6) is 5.75 Å². The first-order chi connectivity index (χ1) is 12.2. The maximum absolute atomic E-state index is 12.4. The maximum Gasteiger partial charge on any atom is 0.233 e. The SMILES string of the molecule is COc1ccc(N2CCN(C(=O)CSc3ccc(Cl)cc3)CC2)cc1. The average molecular weight is 377 g/mol. The van der Waals surface area contributed by atoms with Crippen molar-refractivity contribution in [2.45, 2.75) is 4.90 Å². The Hall–Kier alpha value is -1.85. The van der Waals surface area contributed by atoms with Gasteiger partial charge in [0.2, 0.25) is 5.91 Å². The van der Waals surface area contributed by atoms with Crippen molar-refractivity contribution in [3.63, 3.8) is 0 Å². The number of halogens is 1. The van der Waals surface area contributed by atoms with Gasteiger partial charge in [0.05, 0.1) is 12.9 Å². The number of anilines is 1. The number of rotatable bonds is 5. The molecule has 1 fully saturated rings. The number of methoxy groups -OCH3 is 1. The first-order valence-corrected chi connectivity index (χ1v) is 9.57. The van der Waals surface area contributed by atoms with E-state index in [9.17, 15) is 4.79 Å². The van der Waals surface area contributed by atoms with Gasteiger partial charge in [-0.25, -0.2) is 0 Å². The molecule has 132 valence electrons. The van der Waals surface area contributed by atoms with Gasteiger partial charge < -0.3 is 14.5 Å². The van der Waals surface area contributed by atoms with Gasteiger partial charge in [0.25, 0.3) is 0 Å². The van der Waals surface area contributed by atoms with Crippen LogP contribution in [-0.4, -0.2) is 49.8 Å². The molecule has 1 saturated heterocycles.